The SMILES string of the molecule is CCCCCCCCCCCCCCCC/C=C/O[C@H]1CO[C@H]([C@H](O)CO)[C@@H]1O. The molecule has 29 heavy (non-hydrogen) atoms. The zero-order chi connectivity index (χ0) is 21.2. The van der Waals surface area contributed by atoms with Gasteiger partial charge in [0.1, 0.15) is 24.4 Å². The lowest BCUT2D eigenvalue weighted by Crippen LogP contribution is -2.40. The van der Waals surface area contributed by atoms with Crippen LogP contribution in [0.2, 0.25) is 0 Å². The van der Waals surface area contributed by atoms with Crippen molar-refractivity contribution in [1.82, 2.24) is 0 Å². The molecule has 0 spiro atoms. The van der Waals surface area contributed by atoms with Crippen LogP contribution in [0.1, 0.15) is 103 Å². The van der Waals surface area contributed by atoms with Crippen molar-refractivity contribution >= 4 is 0 Å². The molecule has 0 bridgehead atoms. The Hall–Kier alpha value is -0.620. The van der Waals surface area contributed by atoms with E-state index < -0.39 is 31.0 Å². The van der Waals surface area contributed by atoms with E-state index >= 15 is 0 Å². The number of aliphatic hydroxyl groups is 3. The molecule has 1 rings (SSSR count). The maximum Gasteiger partial charge on any atom is 0.149 e. The highest BCUT2D eigenvalue weighted by Gasteiger charge is 2.40. The standard InChI is InChI=1S/C24H46O5/c1-2-3-4-5-6-7-8-9-10-11-12-13-14-15-16-17-18-28-22-20-29-24(23(22)27)21(26)19-25/h17-18,21-27H,2-16,19-20H2,1H3/b18-17+/t21-,22+,23-,24-/m1/s1. The molecule has 0 saturated carbocycles. The van der Waals surface area contributed by atoms with Gasteiger partial charge in [-0.3, -0.25) is 0 Å². The monoisotopic (exact) mass is 414 g/mol. The molecule has 1 fully saturated rings. The molecule has 0 amide bonds. The summed E-state index contributed by atoms with van der Waals surface area (Å²) in [5, 5.41) is 28.5. The van der Waals surface area contributed by atoms with Gasteiger partial charge >= 0.3 is 0 Å². The lowest BCUT2D eigenvalue weighted by atomic mass is 10.0. The van der Waals surface area contributed by atoms with Gasteiger partial charge in [0.25, 0.3) is 0 Å². The van der Waals surface area contributed by atoms with Gasteiger partial charge in [-0.1, -0.05) is 90.4 Å². The van der Waals surface area contributed by atoms with E-state index in [0.717, 1.165) is 12.8 Å². The van der Waals surface area contributed by atoms with Gasteiger partial charge in [-0.2, -0.15) is 0 Å². The number of aliphatic hydroxyl groups excluding tert-OH is 3. The van der Waals surface area contributed by atoms with Crippen LogP contribution in [-0.4, -0.2) is 52.9 Å². The highest BCUT2D eigenvalue weighted by molar-refractivity contribution is 4.90. The smallest absolute Gasteiger partial charge is 0.149 e. The summed E-state index contributed by atoms with van der Waals surface area (Å²) in [6.45, 7) is 2.07. The van der Waals surface area contributed by atoms with Crippen molar-refractivity contribution in [3.05, 3.63) is 12.3 Å². The van der Waals surface area contributed by atoms with Crippen molar-refractivity contribution in [1.29, 1.82) is 0 Å². The van der Waals surface area contributed by atoms with Gasteiger partial charge < -0.3 is 24.8 Å². The normalized spacial score (nSPS) is 23.1. The van der Waals surface area contributed by atoms with Crippen molar-refractivity contribution in [3.63, 3.8) is 0 Å². The molecular formula is C24H46O5. The molecule has 1 heterocycles. The zero-order valence-electron chi connectivity index (χ0n) is 18.6. The molecule has 1 aliphatic rings. The van der Waals surface area contributed by atoms with Gasteiger partial charge in [0.15, 0.2) is 0 Å². The van der Waals surface area contributed by atoms with Crippen LogP contribution in [0.15, 0.2) is 12.3 Å². The molecule has 1 saturated heterocycles. The van der Waals surface area contributed by atoms with Crippen molar-refractivity contribution in [3.8, 4) is 0 Å². The molecule has 4 atom stereocenters. The van der Waals surface area contributed by atoms with Crippen molar-refractivity contribution < 1.29 is 24.8 Å². The second-order valence-electron chi connectivity index (χ2n) is 8.47. The van der Waals surface area contributed by atoms with Gasteiger partial charge in [-0.15, -0.1) is 0 Å². The molecule has 3 N–H and O–H groups in total. The van der Waals surface area contributed by atoms with Gasteiger partial charge in [0, 0.05) is 0 Å². The highest BCUT2D eigenvalue weighted by Crippen LogP contribution is 2.20. The third kappa shape index (κ3) is 12.6. The minimum absolute atomic E-state index is 0.228. The molecule has 172 valence electrons. The molecule has 0 aliphatic carbocycles. The van der Waals surface area contributed by atoms with Crippen LogP contribution in [0.4, 0.5) is 0 Å². The number of allylic oxidation sites excluding steroid dienone is 1. The quantitative estimate of drug-likeness (QED) is 0.208. The van der Waals surface area contributed by atoms with Crippen molar-refractivity contribution in [2.45, 2.75) is 128 Å². The fourth-order valence-electron chi connectivity index (χ4n) is 3.86. The Bertz CT molecular complexity index is 387. The summed E-state index contributed by atoms with van der Waals surface area (Å²) in [6, 6.07) is 0. The van der Waals surface area contributed by atoms with Gasteiger partial charge in [0.2, 0.25) is 0 Å². The molecule has 0 radical (unpaired) electrons. The Morgan fingerprint density at radius 1 is 0.897 bits per heavy atom. The first-order valence-electron chi connectivity index (χ1n) is 12.1. The predicted octanol–water partition coefficient (Wildman–Crippen LogP) is 4.87. The van der Waals surface area contributed by atoms with Crippen LogP contribution in [0, 0.1) is 0 Å². The summed E-state index contributed by atoms with van der Waals surface area (Å²) in [6.07, 6.45) is 20.4. The molecular weight excluding hydrogens is 368 g/mol. The topological polar surface area (TPSA) is 79.2 Å². The van der Waals surface area contributed by atoms with Gasteiger partial charge in [-0.05, 0) is 18.9 Å². The molecule has 0 aromatic heterocycles. The van der Waals surface area contributed by atoms with Gasteiger partial charge in [-0.25, -0.2) is 0 Å². The maximum atomic E-state index is 10.0. The predicted molar refractivity (Wildman–Crippen MR) is 118 cm³/mol. The number of hydrogen-bond acceptors (Lipinski definition) is 5. The summed E-state index contributed by atoms with van der Waals surface area (Å²) < 4.78 is 10.8. The minimum Gasteiger partial charge on any atom is -0.493 e. The number of hydrogen-bond donors (Lipinski definition) is 3. The highest BCUT2D eigenvalue weighted by atomic mass is 16.6. The molecule has 0 aromatic carbocycles. The van der Waals surface area contributed by atoms with Crippen LogP contribution >= 0.6 is 0 Å². The largest absolute Gasteiger partial charge is 0.493 e. The summed E-state index contributed by atoms with van der Waals surface area (Å²) in [7, 11) is 0. The molecule has 5 nitrogen and oxygen atoms in total. The summed E-state index contributed by atoms with van der Waals surface area (Å²) in [4.78, 5) is 0. The van der Waals surface area contributed by atoms with Gasteiger partial charge in [0.05, 0.1) is 19.5 Å². The van der Waals surface area contributed by atoms with E-state index in [1.165, 1.54) is 83.5 Å². The van der Waals surface area contributed by atoms with Crippen LogP contribution in [-0.2, 0) is 9.47 Å². The zero-order valence-corrected chi connectivity index (χ0v) is 18.6. The summed E-state index contributed by atoms with van der Waals surface area (Å²) >= 11 is 0. The van der Waals surface area contributed by atoms with E-state index in [0.29, 0.717) is 0 Å². The second-order valence-corrected chi connectivity index (χ2v) is 8.47. The average Bonchev–Trinajstić information content (AvgIpc) is 3.10. The lowest BCUT2D eigenvalue weighted by Gasteiger charge is -2.20. The number of unbranched alkanes of at least 4 members (excludes halogenated alkanes) is 14. The molecule has 1 aliphatic heterocycles. The third-order valence-electron chi connectivity index (χ3n) is 5.81. The van der Waals surface area contributed by atoms with Crippen LogP contribution in [0.3, 0.4) is 0 Å². The summed E-state index contributed by atoms with van der Waals surface area (Å²) in [5.74, 6) is 0. The fourth-order valence-corrected chi connectivity index (χ4v) is 3.86. The van der Waals surface area contributed by atoms with Crippen LogP contribution in [0.25, 0.3) is 0 Å². The second kappa shape index (κ2) is 18.2. The van der Waals surface area contributed by atoms with E-state index in [1.807, 2.05) is 6.08 Å². The van der Waals surface area contributed by atoms with Crippen LogP contribution < -0.4 is 0 Å². The fraction of sp³-hybridized carbons (Fsp3) is 0.917. The maximum absolute atomic E-state index is 10.0. The Kier molecular flexibility index (Phi) is 16.6. The van der Waals surface area contributed by atoms with E-state index in [4.69, 9.17) is 14.6 Å². The Labute approximate surface area is 178 Å². The van der Waals surface area contributed by atoms with Crippen LogP contribution in [0.5, 0.6) is 0 Å². The average molecular weight is 415 g/mol. The van der Waals surface area contributed by atoms with Crippen molar-refractivity contribution in [2.24, 2.45) is 0 Å². The molecule has 0 unspecified atom stereocenters. The first kappa shape index (κ1) is 26.4. The van der Waals surface area contributed by atoms with E-state index in [-0.39, 0.29) is 6.61 Å². The Balaban J connectivity index is 1.84. The summed E-state index contributed by atoms with van der Waals surface area (Å²) in [5.41, 5.74) is 0. The molecule has 0 aromatic rings. The van der Waals surface area contributed by atoms with E-state index in [1.54, 1.807) is 6.26 Å². The Morgan fingerprint density at radius 2 is 1.41 bits per heavy atom. The lowest BCUT2D eigenvalue weighted by molar-refractivity contribution is -0.0689. The number of rotatable bonds is 19. The first-order valence-corrected chi connectivity index (χ1v) is 12.1. The van der Waals surface area contributed by atoms with Crippen molar-refractivity contribution in [2.75, 3.05) is 13.2 Å². The molecule has 5 heteroatoms. The van der Waals surface area contributed by atoms with E-state index in [9.17, 15) is 10.2 Å². The number of ether oxygens (including phenoxy) is 2. The minimum atomic E-state index is -1.07. The third-order valence-corrected chi connectivity index (χ3v) is 5.81. The first-order chi connectivity index (χ1) is 14.2. The Morgan fingerprint density at radius 3 is 1.93 bits per heavy atom. The van der Waals surface area contributed by atoms with E-state index in [2.05, 4.69) is 6.92 Å².